The maximum atomic E-state index is 14.5. The summed E-state index contributed by atoms with van der Waals surface area (Å²) in [5.41, 5.74) is 2.31. The molecule has 3 aromatic rings. The standard InChI is InChI=1S/C27H33F2N3O3/c1-4-6-12-22(33)18-31(15-16-34-3)19-23-25(5-2)30-32(21-10-8-7-9-11-21)27(23)35-26-14-13-20(28)17-24(26)29/h4,7-11,13-14,17,22,33H,1,5-6,12,15-16,18-19H2,2-3H3/t22-/m1/s1. The first-order chi connectivity index (χ1) is 17.0. The molecular weight excluding hydrogens is 452 g/mol. The highest BCUT2D eigenvalue weighted by Crippen LogP contribution is 2.33. The number of benzene rings is 2. The van der Waals surface area contributed by atoms with Crippen molar-refractivity contribution in [2.75, 3.05) is 26.8 Å². The smallest absolute Gasteiger partial charge is 0.227 e. The average molecular weight is 486 g/mol. The molecule has 0 saturated heterocycles. The normalized spacial score (nSPS) is 12.2. The highest BCUT2D eigenvalue weighted by Gasteiger charge is 2.24. The Morgan fingerprint density at radius 3 is 2.63 bits per heavy atom. The molecule has 0 unspecified atom stereocenters. The van der Waals surface area contributed by atoms with Gasteiger partial charge in [-0.1, -0.05) is 31.2 Å². The summed E-state index contributed by atoms with van der Waals surface area (Å²) in [6.07, 6.45) is 3.17. The molecule has 0 radical (unpaired) electrons. The Hall–Kier alpha value is -3.07. The number of hydrogen-bond donors (Lipinski definition) is 1. The van der Waals surface area contributed by atoms with Gasteiger partial charge in [0.15, 0.2) is 11.6 Å². The highest BCUT2D eigenvalue weighted by atomic mass is 19.1. The topological polar surface area (TPSA) is 59.8 Å². The molecule has 6 nitrogen and oxygen atoms in total. The van der Waals surface area contributed by atoms with E-state index >= 15 is 0 Å². The van der Waals surface area contributed by atoms with Crippen LogP contribution < -0.4 is 4.74 Å². The van der Waals surface area contributed by atoms with Crippen molar-refractivity contribution in [3.63, 3.8) is 0 Å². The molecule has 35 heavy (non-hydrogen) atoms. The summed E-state index contributed by atoms with van der Waals surface area (Å²) >= 11 is 0. The third-order valence-corrected chi connectivity index (χ3v) is 5.62. The van der Waals surface area contributed by atoms with Crippen molar-refractivity contribution in [1.29, 1.82) is 0 Å². The van der Waals surface area contributed by atoms with E-state index in [-0.39, 0.29) is 5.75 Å². The molecule has 0 aliphatic heterocycles. The maximum Gasteiger partial charge on any atom is 0.227 e. The van der Waals surface area contributed by atoms with Gasteiger partial charge in [0, 0.05) is 32.8 Å². The van der Waals surface area contributed by atoms with Gasteiger partial charge in [0.2, 0.25) is 5.88 Å². The number of rotatable bonds is 14. The Balaban J connectivity index is 2.03. The first kappa shape index (κ1) is 26.5. The van der Waals surface area contributed by atoms with Crippen molar-refractivity contribution in [3.05, 3.63) is 84.1 Å². The number of para-hydroxylation sites is 1. The van der Waals surface area contributed by atoms with E-state index in [9.17, 15) is 13.9 Å². The number of aliphatic hydroxyl groups is 1. The van der Waals surface area contributed by atoms with Gasteiger partial charge in [-0.2, -0.15) is 5.10 Å². The van der Waals surface area contributed by atoms with E-state index in [4.69, 9.17) is 14.6 Å². The van der Waals surface area contributed by atoms with Crippen molar-refractivity contribution in [1.82, 2.24) is 14.7 Å². The molecule has 1 heterocycles. The molecule has 0 aliphatic carbocycles. The van der Waals surface area contributed by atoms with Crippen LogP contribution in [0.5, 0.6) is 11.6 Å². The van der Waals surface area contributed by atoms with E-state index < -0.39 is 17.7 Å². The SMILES string of the molecule is C=CCC[C@@H](O)CN(CCOC)Cc1c(CC)nn(-c2ccccc2)c1Oc1ccc(F)cc1F. The van der Waals surface area contributed by atoms with E-state index in [0.717, 1.165) is 29.1 Å². The van der Waals surface area contributed by atoms with Crippen LogP contribution in [0.3, 0.4) is 0 Å². The molecule has 8 heteroatoms. The van der Waals surface area contributed by atoms with Gasteiger partial charge < -0.3 is 14.6 Å². The first-order valence-corrected chi connectivity index (χ1v) is 11.8. The first-order valence-electron chi connectivity index (χ1n) is 11.8. The van der Waals surface area contributed by atoms with Gasteiger partial charge in [-0.25, -0.2) is 13.5 Å². The number of methoxy groups -OCH3 is 1. The summed E-state index contributed by atoms with van der Waals surface area (Å²) < 4.78 is 41.0. The number of halogens is 2. The number of aromatic nitrogens is 2. The summed E-state index contributed by atoms with van der Waals surface area (Å²) in [5.74, 6) is -1.23. The fraction of sp³-hybridized carbons (Fsp3) is 0.370. The lowest BCUT2D eigenvalue weighted by Crippen LogP contribution is -2.34. The highest BCUT2D eigenvalue weighted by molar-refractivity contribution is 5.44. The van der Waals surface area contributed by atoms with Gasteiger partial charge >= 0.3 is 0 Å². The number of aryl methyl sites for hydroxylation is 1. The summed E-state index contributed by atoms with van der Waals surface area (Å²) in [6.45, 7) is 7.58. The fourth-order valence-electron chi connectivity index (χ4n) is 3.81. The third kappa shape index (κ3) is 7.21. The fourth-order valence-corrected chi connectivity index (χ4v) is 3.81. The van der Waals surface area contributed by atoms with Gasteiger partial charge in [-0.15, -0.1) is 6.58 Å². The molecule has 0 saturated carbocycles. The Labute approximate surface area is 205 Å². The van der Waals surface area contributed by atoms with Crippen LogP contribution in [0.25, 0.3) is 5.69 Å². The van der Waals surface area contributed by atoms with Crippen LogP contribution >= 0.6 is 0 Å². The van der Waals surface area contributed by atoms with Crippen LogP contribution in [-0.2, 0) is 17.7 Å². The second-order valence-electron chi connectivity index (χ2n) is 8.26. The van der Waals surface area contributed by atoms with Crippen LogP contribution in [0.15, 0.2) is 61.2 Å². The summed E-state index contributed by atoms with van der Waals surface area (Å²) in [4.78, 5) is 2.07. The molecular formula is C27H33F2N3O3. The molecule has 0 bridgehead atoms. The van der Waals surface area contributed by atoms with Gasteiger partial charge in [-0.05, 0) is 43.5 Å². The quantitative estimate of drug-likeness (QED) is 0.315. The van der Waals surface area contributed by atoms with Gasteiger partial charge in [0.1, 0.15) is 5.82 Å². The lowest BCUT2D eigenvalue weighted by atomic mass is 10.1. The molecule has 1 atom stereocenters. The molecule has 1 N–H and O–H groups in total. The van der Waals surface area contributed by atoms with E-state index in [1.54, 1.807) is 17.9 Å². The maximum absolute atomic E-state index is 14.5. The largest absolute Gasteiger partial charge is 0.435 e. The second-order valence-corrected chi connectivity index (χ2v) is 8.26. The monoisotopic (exact) mass is 485 g/mol. The minimum atomic E-state index is -0.800. The molecule has 2 aromatic carbocycles. The number of allylic oxidation sites excluding steroid dienone is 1. The Morgan fingerprint density at radius 1 is 1.20 bits per heavy atom. The third-order valence-electron chi connectivity index (χ3n) is 5.62. The predicted molar refractivity (Wildman–Crippen MR) is 132 cm³/mol. The Kier molecular flexibility index (Phi) is 9.96. The zero-order chi connectivity index (χ0) is 25.2. The van der Waals surface area contributed by atoms with Crippen LogP contribution in [0.1, 0.15) is 31.0 Å². The number of ether oxygens (including phenoxy) is 2. The predicted octanol–water partition coefficient (Wildman–Crippen LogP) is 5.28. The van der Waals surface area contributed by atoms with E-state index in [1.807, 2.05) is 37.3 Å². The molecule has 0 spiro atoms. The van der Waals surface area contributed by atoms with E-state index in [1.165, 1.54) is 6.07 Å². The van der Waals surface area contributed by atoms with Gasteiger partial charge in [-0.3, -0.25) is 4.90 Å². The van der Waals surface area contributed by atoms with Gasteiger partial charge in [0.05, 0.1) is 29.7 Å². The zero-order valence-corrected chi connectivity index (χ0v) is 20.3. The van der Waals surface area contributed by atoms with Crippen molar-refractivity contribution in [3.8, 4) is 17.3 Å². The molecule has 0 aliphatic rings. The lowest BCUT2D eigenvalue weighted by Gasteiger charge is -2.25. The molecule has 0 amide bonds. The van der Waals surface area contributed by atoms with Crippen LogP contribution in [-0.4, -0.2) is 52.7 Å². The molecule has 3 rings (SSSR count). The molecule has 188 valence electrons. The zero-order valence-electron chi connectivity index (χ0n) is 20.3. The Bertz CT molecular complexity index is 1090. The van der Waals surface area contributed by atoms with E-state index in [0.29, 0.717) is 51.4 Å². The number of hydrogen-bond acceptors (Lipinski definition) is 5. The lowest BCUT2D eigenvalue weighted by molar-refractivity contribution is 0.0804. The summed E-state index contributed by atoms with van der Waals surface area (Å²) in [6, 6.07) is 12.6. The number of aliphatic hydroxyl groups excluding tert-OH is 1. The van der Waals surface area contributed by atoms with Crippen LogP contribution in [0.2, 0.25) is 0 Å². The van der Waals surface area contributed by atoms with E-state index in [2.05, 4.69) is 11.5 Å². The minimum Gasteiger partial charge on any atom is -0.435 e. The average Bonchev–Trinajstić information content (AvgIpc) is 3.20. The van der Waals surface area contributed by atoms with Crippen LogP contribution in [0, 0.1) is 11.6 Å². The minimum absolute atomic E-state index is 0.0955. The number of nitrogens with zero attached hydrogens (tertiary/aromatic N) is 3. The van der Waals surface area contributed by atoms with Gasteiger partial charge in [0.25, 0.3) is 0 Å². The Morgan fingerprint density at radius 2 is 1.97 bits per heavy atom. The van der Waals surface area contributed by atoms with Crippen molar-refractivity contribution in [2.45, 2.75) is 38.8 Å². The summed E-state index contributed by atoms with van der Waals surface area (Å²) in [7, 11) is 1.63. The van der Waals surface area contributed by atoms with Crippen LogP contribution in [0.4, 0.5) is 8.78 Å². The van der Waals surface area contributed by atoms with Crippen molar-refractivity contribution < 1.29 is 23.4 Å². The molecule has 0 fully saturated rings. The molecule has 1 aromatic heterocycles. The summed E-state index contributed by atoms with van der Waals surface area (Å²) in [5, 5.41) is 15.3. The van der Waals surface area contributed by atoms with Crippen molar-refractivity contribution in [2.24, 2.45) is 0 Å². The van der Waals surface area contributed by atoms with Crippen molar-refractivity contribution >= 4 is 0 Å². The second kappa shape index (κ2) is 13.1.